The molecule has 0 bridgehead atoms. The topological polar surface area (TPSA) is 127 Å². The summed E-state index contributed by atoms with van der Waals surface area (Å²) >= 11 is 0. The molecule has 0 spiro atoms. The summed E-state index contributed by atoms with van der Waals surface area (Å²) in [6.45, 7) is 1.45. The Balaban J connectivity index is 2.24. The number of aliphatic carboxylic acids is 1. The molecular weight excluding hydrogens is 300 g/mol. The fourth-order valence-corrected chi connectivity index (χ4v) is 4.50. The van der Waals surface area contributed by atoms with Crippen molar-refractivity contribution in [1.29, 1.82) is 0 Å². The van der Waals surface area contributed by atoms with Gasteiger partial charge in [-0.15, -0.1) is 0 Å². The van der Waals surface area contributed by atoms with Crippen LogP contribution >= 0.6 is 0 Å². The number of amides is 1. The maximum absolute atomic E-state index is 12.7. The maximum atomic E-state index is 12.7. The van der Waals surface area contributed by atoms with E-state index in [4.69, 9.17) is 15.6 Å². The van der Waals surface area contributed by atoms with E-state index < -0.39 is 45.8 Å². The molecule has 3 unspecified atom stereocenters. The third kappa shape index (κ3) is 3.19. The van der Waals surface area contributed by atoms with E-state index in [0.29, 0.717) is 0 Å². The van der Waals surface area contributed by atoms with Crippen molar-refractivity contribution in [3.05, 3.63) is 0 Å². The Labute approximate surface area is 123 Å². The van der Waals surface area contributed by atoms with Gasteiger partial charge in [-0.2, -0.15) is 0 Å². The summed E-state index contributed by atoms with van der Waals surface area (Å²) in [5.74, 6) is -1.85. The Bertz CT molecular complexity index is 548. The van der Waals surface area contributed by atoms with E-state index in [0.717, 1.165) is 4.90 Å². The van der Waals surface area contributed by atoms with Crippen LogP contribution in [0.2, 0.25) is 0 Å². The van der Waals surface area contributed by atoms with Gasteiger partial charge in [0.05, 0.1) is 30.1 Å². The Morgan fingerprint density at radius 1 is 1.48 bits per heavy atom. The normalized spacial score (nSPS) is 34.8. The molecule has 2 aliphatic heterocycles. The highest BCUT2D eigenvalue weighted by atomic mass is 32.2. The zero-order valence-corrected chi connectivity index (χ0v) is 12.6. The second-order valence-corrected chi connectivity index (χ2v) is 8.15. The highest BCUT2D eigenvalue weighted by molar-refractivity contribution is 7.91. The fraction of sp³-hybridized carbons (Fsp3) is 0.833. The predicted octanol–water partition coefficient (Wildman–Crippen LogP) is -1.55. The lowest BCUT2D eigenvalue weighted by Crippen LogP contribution is -2.55. The molecule has 0 aliphatic carbocycles. The average Bonchev–Trinajstić information content (AvgIpc) is 2.90. The van der Waals surface area contributed by atoms with Crippen molar-refractivity contribution in [3.63, 3.8) is 0 Å². The Kier molecular flexibility index (Phi) is 4.27. The molecule has 0 radical (unpaired) electrons. The SMILES string of the molecule is CC1(C(=O)N(CC(=O)O)C2CCS(=O)(=O)C2)COCC1N. The zero-order valence-electron chi connectivity index (χ0n) is 11.8. The monoisotopic (exact) mass is 320 g/mol. The van der Waals surface area contributed by atoms with Gasteiger partial charge < -0.3 is 20.5 Å². The van der Waals surface area contributed by atoms with Gasteiger partial charge in [0, 0.05) is 12.1 Å². The summed E-state index contributed by atoms with van der Waals surface area (Å²) in [7, 11) is -3.22. The third-order valence-corrected chi connectivity index (χ3v) is 5.97. The molecule has 120 valence electrons. The van der Waals surface area contributed by atoms with Crippen LogP contribution in [0.25, 0.3) is 0 Å². The van der Waals surface area contributed by atoms with Crippen LogP contribution in [0.4, 0.5) is 0 Å². The minimum absolute atomic E-state index is 0.0274. The molecule has 3 atom stereocenters. The number of nitrogens with zero attached hydrogens (tertiary/aromatic N) is 1. The van der Waals surface area contributed by atoms with E-state index in [1.165, 1.54) is 0 Å². The summed E-state index contributed by atoms with van der Waals surface area (Å²) in [4.78, 5) is 24.9. The molecule has 2 rings (SSSR count). The predicted molar refractivity (Wildman–Crippen MR) is 73.3 cm³/mol. The van der Waals surface area contributed by atoms with Gasteiger partial charge in [0.15, 0.2) is 9.84 Å². The second-order valence-electron chi connectivity index (χ2n) is 5.92. The third-order valence-electron chi connectivity index (χ3n) is 4.22. The molecule has 0 saturated carbocycles. The number of ether oxygens (including phenoxy) is 1. The highest BCUT2D eigenvalue weighted by Crippen LogP contribution is 2.31. The molecule has 2 saturated heterocycles. The van der Waals surface area contributed by atoms with E-state index in [1.807, 2.05) is 0 Å². The molecule has 8 nitrogen and oxygen atoms in total. The van der Waals surface area contributed by atoms with Gasteiger partial charge in [0.1, 0.15) is 6.54 Å². The van der Waals surface area contributed by atoms with Crippen LogP contribution in [0.5, 0.6) is 0 Å². The Morgan fingerprint density at radius 2 is 2.14 bits per heavy atom. The van der Waals surface area contributed by atoms with Gasteiger partial charge in [-0.05, 0) is 13.3 Å². The molecule has 2 heterocycles. The molecular formula is C12H20N2O6S. The van der Waals surface area contributed by atoms with E-state index in [-0.39, 0.29) is 31.1 Å². The van der Waals surface area contributed by atoms with Crippen LogP contribution in [0, 0.1) is 5.41 Å². The van der Waals surface area contributed by atoms with Crippen LogP contribution in [0.15, 0.2) is 0 Å². The van der Waals surface area contributed by atoms with Crippen LogP contribution < -0.4 is 5.73 Å². The highest BCUT2D eigenvalue weighted by Gasteiger charge is 2.49. The molecule has 9 heteroatoms. The van der Waals surface area contributed by atoms with Gasteiger partial charge in [-0.1, -0.05) is 0 Å². The Hall–Kier alpha value is -1.19. The van der Waals surface area contributed by atoms with Gasteiger partial charge in [0.2, 0.25) is 5.91 Å². The Morgan fingerprint density at radius 3 is 2.57 bits per heavy atom. The van der Waals surface area contributed by atoms with Crippen LogP contribution in [0.1, 0.15) is 13.3 Å². The minimum Gasteiger partial charge on any atom is -0.480 e. The van der Waals surface area contributed by atoms with E-state index in [1.54, 1.807) is 6.92 Å². The van der Waals surface area contributed by atoms with Crippen molar-refractivity contribution in [3.8, 4) is 0 Å². The summed E-state index contributed by atoms with van der Waals surface area (Å²) in [6, 6.07) is -1.14. The molecule has 2 fully saturated rings. The molecule has 0 aromatic heterocycles. The van der Waals surface area contributed by atoms with Gasteiger partial charge in [0.25, 0.3) is 0 Å². The molecule has 21 heavy (non-hydrogen) atoms. The first-order chi connectivity index (χ1) is 9.66. The van der Waals surface area contributed by atoms with Crippen molar-refractivity contribution < 1.29 is 27.9 Å². The van der Waals surface area contributed by atoms with E-state index >= 15 is 0 Å². The van der Waals surface area contributed by atoms with Crippen LogP contribution in [-0.2, 0) is 24.2 Å². The summed E-state index contributed by atoms with van der Waals surface area (Å²) in [6.07, 6.45) is 0.257. The van der Waals surface area contributed by atoms with Crippen LogP contribution in [-0.4, -0.2) is 73.6 Å². The van der Waals surface area contributed by atoms with Gasteiger partial charge in [-0.3, -0.25) is 9.59 Å². The zero-order chi connectivity index (χ0) is 15.8. The lowest BCUT2D eigenvalue weighted by molar-refractivity contribution is -0.151. The lowest BCUT2D eigenvalue weighted by atomic mass is 9.83. The van der Waals surface area contributed by atoms with Crippen molar-refractivity contribution in [2.24, 2.45) is 11.1 Å². The molecule has 3 N–H and O–H groups in total. The van der Waals surface area contributed by atoms with Crippen molar-refractivity contribution >= 4 is 21.7 Å². The first kappa shape index (κ1) is 16.2. The minimum atomic E-state index is -3.22. The van der Waals surface area contributed by atoms with E-state index in [2.05, 4.69) is 0 Å². The fourth-order valence-electron chi connectivity index (χ4n) is 2.77. The van der Waals surface area contributed by atoms with E-state index in [9.17, 15) is 18.0 Å². The number of carboxylic acid groups (broad SMARTS) is 1. The number of sulfone groups is 1. The number of nitrogens with two attached hydrogens (primary N) is 1. The number of carbonyl (C=O) groups excluding carboxylic acids is 1. The first-order valence-electron chi connectivity index (χ1n) is 6.72. The summed E-state index contributed by atoms with van der Waals surface area (Å²) < 4.78 is 28.4. The molecule has 1 amide bonds. The first-order valence-corrected chi connectivity index (χ1v) is 8.54. The molecule has 0 aromatic rings. The quantitative estimate of drug-likeness (QED) is 0.642. The number of hydrogen-bond acceptors (Lipinski definition) is 6. The largest absolute Gasteiger partial charge is 0.480 e. The maximum Gasteiger partial charge on any atom is 0.323 e. The number of carbonyl (C=O) groups is 2. The standard InChI is InChI=1S/C12H20N2O6S/c1-12(7-20-5-9(12)13)11(17)14(4-10(15)16)8-2-3-21(18,19)6-8/h8-9H,2-7,13H2,1H3,(H,15,16). The van der Waals surface area contributed by atoms with Crippen LogP contribution in [0.3, 0.4) is 0 Å². The lowest BCUT2D eigenvalue weighted by Gasteiger charge is -2.35. The smallest absolute Gasteiger partial charge is 0.323 e. The average molecular weight is 320 g/mol. The van der Waals surface area contributed by atoms with Crippen molar-refractivity contribution in [1.82, 2.24) is 4.90 Å². The summed E-state index contributed by atoms with van der Waals surface area (Å²) in [5, 5.41) is 9.01. The van der Waals surface area contributed by atoms with Gasteiger partial charge in [-0.25, -0.2) is 8.42 Å². The molecule has 2 aliphatic rings. The van der Waals surface area contributed by atoms with Crippen molar-refractivity contribution in [2.75, 3.05) is 31.3 Å². The number of carboxylic acids is 1. The van der Waals surface area contributed by atoms with Gasteiger partial charge >= 0.3 is 5.97 Å². The van der Waals surface area contributed by atoms with Crippen molar-refractivity contribution in [2.45, 2.75) is 25.4 Å². The second kappa shape index (κ2) is 5.54. The molecule has 0 aromatic carbocycles. The summed E-state index contributed by atoms with van der Waals surface area (Å²) in [5.41, 5.74) is 4.88. The number of rotatable bonds is 4. The number of hydrogen-bond donors (Lipinski definition) is 2.